The summed E-state index contributed by atoms with van der Waals surface area (Å²) in [6, 6.07) is 5.03. The van der Waals surface area contributed by atoms with Crippen LogP contribution in [-0.2, 0) is 10.8 Å². The van der Waals surface area contributed by atoms with Crippen LogP contribution in [0.4, 0.5) is 0 Å². The number of rotatable bonds is 3. The molecule has 0 bridgehead atoms. The van der Waals surface area contributed by atoms with E-state index in [0.29, 0.717) is 41.8 Å². The Labute approximate surface area is 132 Å². The molecule has 1 aliphatic heterocycles. The molecule has 1 aromatic carbocycles. The van der Waals surface area contributed by atoms with Gasteiger partial charge in [0.1, 0.15) is 5.75 Å². The van der Waals surface area contributed by atoms with Crippen molar-refractivity contribution in [3.63, 3.8) is 0 Å². The molecular formula is C15H20ClNO3S. The Morgan fingerprint density at radius 1 is 1.48 bits per heavy atom. The van der Waals surface area contributed by atoms with E-state index in [-0.39, 0.29) is 10.7 Å². The van der Waals surface area contributed by atoms with Crippen molar-refractivity contribution in [3.8, 4) is 5.75 Å². The predicted octanol–water partition coefficient (Wildman–Crippen LogP) is 2.72. The normalized spacial score (nSPS) is 21.1. The largest absolute Gasteiger partial charge is 0.493 e. The van der Waals surface area contributed by atoms with Gasteiger partial charge in [-0.25, -0.2) is 0 Å². The Bertz CT molecular complexity index is 574. The SMILES string of the molecule is CCOc1cc(Cl)ccc1C(=O)N1CCS(=O)C(C)(C)C1. The fraction of sp³-hybridized carbons (Fsp3) is 0.533. The standard InChI is InChI=1S/C15H20ClNO3S/c1-4-20-13-9-11(16)5-6-12(13)14(18)17-7-8-21(19)15(2,3)10-17/h5-6,9H,4,7-8,10H2,1-3H3. The minimum Gasteiger partial charge on any atom is -0.493 e. The van der Waals surface area contributed by atoms with Crippen LogP contribution in [-0.4, -0.2) is 45.2 Å². The minimum atomic E-state index is -0.903. The van der Waals surface area contributed by atoms with E-state index in [1.165, 1.54) is 0 Å². The molecule has 0 aromatic heterocycles. The molecule has 0 spiro atoms. The molecule has 6 heteroatoms. The Balaban J connectivity index is 2.26. The Morgan fingerprint density at radius 2 is 2.19 bits per heavy atom. The third-order valence-electron chi connectivity index (χ3n) is 3.50. The lowest BCUT2D eigenvalue weighted by Gasteiger charge is -2.37. The molecule has 0 radical (unpaired) electrons. The van der Waals surface area contributed by atoms with Crippen LogP contribution in [0.1, 0.15) is 31.1 Å². The molecule has 1 aromatic rings. The Kier molecular flexibility index (Phi) is 4.94. The molecule has 116 valence electrons. The summed E-state index contributed by atoms with van der Waals surface area (Å²) < 4.78 is 17.1. The van der Waals surface area contributed by atoms with Gasteiger partial charge in [-0.2, -0.15) is 0 Å². The lowest BCUT2D eigenvalue weighted by molar-refractivity contribution is 0.0741. The maximum atomic E-state index is 12.7. The molecule has 0 saturated carbocycles. The number of halogens is 1. The zero-order valence-electron chi connectivity index (χ0n) is 12.5. The maximum absolute atomic E-state index is 12.7. The fourth-order valence-electron chi connectivity index (χ4n) is 2.37. The van der Waals surface area contributed by atoms with Gasteiger partial charge in [-0.3, -0.25) is 9.00 Å². The molecule has 1 unspecified atom stereocenters. The molecular weight excluding hydrogens is 310 g/mol. The molecule has 0 aliphatic carbocycles. The van der Waals surface area contributed by atoms with Crippen LogP contribution >= 0.6 is 11.6 Å². The van der Waals surface area contributed by atoms with Gasteiger partial charge in [0.05, 0.1) is 16.9 Å². The third kappa shape index (κ3) is 3.58. The van der Waals surface area contributed by atoms with E-state index < -0.39 is 10.8 Å². The topological polar surface area (TPSA) is 46.6 Å². The van der Waals surface area contributed by atoms with Gasteiger partial charge < -0.3 is 9.64 Å². The molecule has 1 atom stereocenters. The molecule has 1 aliphatic rings. The van der Waals surface area contributed by atoms with Gasteiger partial charge in [-0.05, 0) is 39.0 Å². The van der Waals surface area contributed by atoms with Crippen molar-refractivity contribution in [1.82, 2.24) is 4.90 Å². The summed E-state index contributed by atoms with van der Waals surface area (Å²) in [5.74, 6) is 0.912. The van der Waals surface area contributed by atoms with Crippen molar-refractivity contribution in [3.05, 3.63) is 28.8 Å². The molecule has 21 heavy (non-hydrogen) atoms. The number of benzene rings is 1. The van der Waals surface area contributed by atoms with E-state index >= 15 is 0 Å². The van der Waals surface area contributed by atoms with Crippen LogP contribution in [0.25, 0.3) is 0 Å². The first-order valence-electron chi connectivity index (χ1n) is 6.95. The van der Waals surface area contributed by atoms with Crippen LogP contribution in [0.3, 0.4) is 0 Å². The van der Waals surface area contributed by atoms with Crippen LogP contribution in [0.5, 0.6) is 5.75 Å². The first-order chi connectivity index (χ1) is 9.85. The summed E-state index contributed by atoms with van der Waals surface area (Å²) >= 11 is 5.96. The van der Waals surface area contributed by atoms with Gasteiger partial charge in [-0.15, -0.1) is 0 Å². The van der Waals surface area contributed by atoms with Crippen molar-refractivity contribution >= 4 is 28.3 Å². The van der Waals surface area contributed by atoms with E-state index in [1.807, 2.05) is 20.8 Å². The lowest BCUT2D eigenvalue weighted by atomic mass is 10.1. The van der Waals surface area contributed by atoms with Crippen molar-refractivity contribution in [2.45, 2.75) is 25.5 Å². The van der Waals surface area contributed by atoms with E-state index in [1.54, 1.807) is 23.1 Å². The number of ether oxygens (including phenoxy) is 1. The lowest BCUT2D eigenvalue weighted by Crippen LogP contribution is -2.52. The van der Waals surface area contributed by atoms with Crippen LogP contribution < -0.4 is 4.74 Å². The van der Waals surface area contributed by atoms with Crippen molar-refractivity contribution in [2.75, 3.05) is 25.4 Å². The smallest absolute Gasteiger partial charge is 0.257 e. The predicted molar refractivity (Wildman–Crippen MR) is 85.6 cm³/mol. The molecule has 4 nitrogen and oxygen atoms in total. The number of amides is 1. The summed E-state index contributed by atoms with van der Waals surface area (Å²) in [6.07, 6.45) is 0. The number of hydrogen-bond acceptors (Lipinski definition) is 3. The Morgan fingerprint density at radius 3 is 2.81 bits per heavy atom. The molecule has 0 N–H and O–H groups in total. The second-order valence-corrected chi connectivity index (χ2v) is 8.25. The number of nitrogens with zero attached hydrogens (tertiary/aromatic N) is 1. The average molecular weight is 330 g/mol. The van der Waals surface area contributed by atoms with Gasteiger partial charge in [0.25, 0.3) is 5.91 Å². The summed E-state index contributed by atoms with van der Waals surface area (Å²) in [6.45, 7) is 7.16. The first-order valence-corrected chi connectivity index (χ1v) is 8.65. The summed E-state index contributed by atoms with van der Waals surface area (Å²) in [7, 11) is -0.903. The van der Waals surface area contributed by atoms with E-state index in [2.05, 4.69) is 0 Å². The molecule has 1 amide bonds. The van der Waals surface area contributed by atoms with Gasteiger partial charge in [0, 0.05) is 34.7 Å². The monoisotopic (exact) mass is 329 g/mol. The van der Waals surface area contributed by atoms with Crippen LogP contribution in [0, 0.1) is 0 Å². The van der Waals surface area contributed by atoms with Gasteiger partial charge in [0.2, 0.25) is 0 Å². The van der Waals surface area contributed by atoms with E-state index in [9.17, 15) is 9.00 Å². The number of carbonyl (C=O) groups is 1. The van der Waals surface area contributed by atoms with E-state index in [0.717, 1.165) is 0 Å². The van der Waals surface area contributed by atoms with E-state index in [4.69, 9.17) is 16.3 Å². The number of hydrogen-bond donors (Lipinski definition) is 0. The average Bonchev–Trinajstić information content (AvgIpc) is 2.42. The summed E-state index contributed by atoms with van der Waals surface area (Å²) in [4.78, 5) is 14.4. The van der Waals surface area contributed by atoms with Gasteiger partial charge in [0.15, 0.2) is 0 Å². The summed E-state index contributed by atoms with van der Waals surface area (Å²) in [5.41, 5.74) is 0.504. The van der Waals surface area contributed by atoms with Gasteiger partial charge in [-0.1, -0.05) is 11.6 Å². The molecule has 2 rings (SSSR count). The second-order valence-electron chi connectivity index (χ2n) is 5.61. The van der Waals surface area contributed by atoms with Crippen LogP contribution in [0.2, 0.25) is 5.02 Å². The molecule has 1 saturated heterocycles. The molecule has 1 heterocycles. The Hall–Kier alpha value is -1.07. The summed E-state index contributed by atoms with van der Waals surface area (Å²) in [5, 5.41) is 0.537. The molecule has 1 fully saturated rings. The van der Waals surface area contributed by atoms with Crippen molar-refractivity contribution < 1.29 is 13.7 Å². The number of carbonyl (C=O) groups excluding carboxylic acids is 1. The zero-order valence-corrected chi connectivity index (χ0v) is 14.1. The second kappa shape index (κ2) is 6.36. The third-order valence-corrected chi connectivity index (χ3v) is 5.65. The highest BCUT2D eigenvalue weighted by atomic mass is 35.5. The quantitative estimate of drug-likeness (QED) is 0.856. The van der Waals surface area contributed by atoms with Crippen molar-refractivity contribution in [2.24, 2.45) is 0 Å². The van der Waals surface area contributed by atoms with Crippen molar-refractivity contribution in [1.29, 1.82) is 0 Å². The highest BCUT2D eigenvalue weighted by Gasteiger charge is 2.36. The van der Waals surface area contributed by atoms with Crippen LogP contribution in [0.15, 0.2) is 18.2 Å². The minimum absolute atomic E-state index is 0.0973. The maximum Gasteiger partial charge on any atom is 0.257 e. The fourth-order valence-corrected chi connectivity index (χ4v) is 3.77. The zero-order chi connectivity index (χ0) is 15.6. The highest BCUT2D eigenvalue weighted by Crippen LogP contribution is 2.27. The highest BCUT2D eigenvalue weighted by molar-refractivity contribution is 7.86. The van der Waals surface area contributed by atoms with Gasteiger partial charge >= 0.3 is 0 Å². The first kappa shape index (κ1) is 16.3.